The van der Waals surface area contributed by atoms with Gasteiger partial charge in [0.25, 0.3) is 0 Å². The lowest BCUT2D eigenvalue weighted by atomic mass is 9.99. The summed E-state index contributed by atoms with van der Waals surface area (Å²) in [4.78, 5) is 2.24. The third kappa shape index (κ3) is 3.71. The van der Waals surface area contributed by atoms with Crippen molar-refractivity contribution in [1.29, 1.82) is 0 Å². The Hall–Kier alpha value is -0.130. The number of hydrogen-bond acceptors (Lipinski definition) is 4. The fourth-order valence-corrected chi connectivity index (χ4v) is 3.03. The lowest BCUT2D eigenvalue weighted by Gasteiger charge is -2.36. The van der Waals surface area contributed by atoms with E-state index in [1.165, 1.54) is 0 Å². The van der Waals surface area contributed by atoms with E-state index >= 15 is 0 Å². The molecule has 16 heavy (non-hydrogen) atoms. The van der Waals surface area contributed by atoms with Gasteiger partial charge in [-0.1, -0.05) is 0 Å². The second-order valence-corrected chi connectivity index (χ2v) is 7.76. The van der Waals surface area contributed by atoms with Crippen molar-refractivity contribution in [3.05, 3.63) is 0 Å². The van der Waals surface area contributed by atoms with Gasteiger partial charge in [-0.25, -0.2) is 8.42 Å². The molecule has 2 unspecified atom stereocenters. The molecule has 0 saturated carbocycles. The van der Waals surface area contributed by atoms with Crippen LogP contribution in [-0.2, 0) is 9.84 Å². The molecular weight excluding hydrogens is 224 g/mol. The number of nitrogens with zero attached hydrogens (tertiary/aromatic N) is 1. The van der Waals surface area contributed by atoms with Gasteiger partial charge in [-0.15, -0.1) is 0 Å². The Labute approximate surface area is 99.1 Å². The van der Waals surface area contributed by atoms with Crippen molar-refractivity contribution < 1.29 is 8.42 Å². The fourth-order valence-electron chi connectivity index (χ4n) is 2.07. The van der Waals surface area contributed by atoms with Gasteiger partial charge in [0.05, 0.1) is 11.0 Å². The highest BCUT2D eigenvalue weighted by Crippen LogP contribution is 2.16. The van der Waals surface area contributed by atoms with Gasteiger partial charge in [-0.2, -0.15) is 0 Å². The number of piperidine rings is 1. The van der Waals surface area contributed by atoms with Gasteiger partial charge in [0.1, 0.15) is 0 Å². The van der Waals surface area contributed by atoms with Crippen LogP contribution in [0.5, 0.6) is 0 Å². The molecular formula is C11H24N2O2S. The average Bonchev–Trinajstić information content (AvgIpc) is 2.16. The molecule has 96 valence electrons. The Morgan fingerprint density at radius 1 is 1.44 bits per heavy atom. The summed E-state index contributed by atoms with van der Waals surface area (Å²) in [6.07, 6.45) is 1.95. The van der Waals surface area contributed by atoms with E-state index in [2.05, 4.69) is 11.8 Å². The molecule has 0 radical (unpaired) electrons. The molecule has 0 aromatic carbocycles. The predicted octanol–water partition coefficient (Wildman–Crippen LogP) is 0.621. The highest BCUT2D eigenvalue weighted by atomic mass is 32.2. The first-order chi connectivity index (χ1) is 7.33. The van der Waals surface area contributed by atoms with E-state index in [9.17, 15) is 8.42 Å². The van der Waals surface area contributed by atoms with Crippen LogP contribution in [-0.4, -0.2) is 49.5 Å². The molecule has 0 aromatic heterocycles. The molecule has 1 saturated heterocycles. The smallest absolute Gasteiger partial charge is 0.153 e. The quantitative estimate of drug-likeness (QED) is 0.792. The Balaban J connectivity index is 2.44. The molecule has 5 heteroatoms. The summed E-state index contributed by atoms with van der Waals surface area (Å²) in [7, 11) is -2.91. The van der Waals surface area contributed by atoms with Crippen molar-refractivity contribution in [3.63, 3.8) is 0 Å². The zero-order chi connectivity index (χ0) is 12.3. The monoisotopic (exact) mass is 248 g/mol. The van der Waals surface area contributed by atoms with Crippen molar-refractivity contribution in [2.24, 2.45) is 5.73 Å². The molecule has 0 amide bonds. The number of rotatable bonds is 4. The number of likely N-dealkylation sites (tertiary alicyclic amines) is 1. The number of sulfone groups is 1. The largest absolute Gasteiger partial charge is 0.328 e. The molecule has 1 rings (SSSR count). The van der Waals surface area contributed by atoms with Gasteiger partial charge in [-0.3, -0.25) is 4.90 Å². The molecule has 2 N–H and O–H groups in total. The minimum atomic E-state index is -2.91. The van der Waals surface area contributed by atoms with Gasteiger partial charge >= 0.3 is 0 Å². The standard InChI is InChI=1S/C11H24N2O2S/c1-9(2)16(14,15)7-6-13-5-4-11(12)8-10(13)3/h9-11H,4-8,12H2,1-3H3. The van der Waals surface area contributed by atoms with Crippen molar-refractivity contribution in [3.8, 4) is 0 Å². The minimum absolute atomic E-state index is 0.268. The fraction of sp³-hybridized carbons (Fsp3) is 1.00. The van der Waals surface area contributed by atoms with Gasteiger partial charge in [0.2, 0.25) is 0 Å². The van der Waals surface area contributed by atoms with Crippen LogP contribution in [0, 0.1) is 0 Å². The highest BCUT2D eigenvalue weighted by Gasteiger charge is 2.25. The van der Waals surface area contributed by atoms with Crippen molar-refractivity contribution >= 4 is 9.84 Å². The van der Waals surface area contributed by atoms with Gasteiger partial charge in [0.15, 0.2) is 9.84 Å². The molecule has 0 bridgehead atoms. The first-order valence-corrected chi connectivity index (χ1v) is 7.75. The Morgan fingerprint density at radius 2 is 2.06 bits per heavy atom. The number of nitrogens with two attached hydrogens (primary N) is 1. The molecule has 1 aliphatic heterocycles. The van der Waals surface area contributed by atoms with E-state index in [-0.39, 0.29) is 17.0 Å². The summed E-state index contributed by atoms with van der Waals surface area (Å²) in [5.41, 5.74) is 5.87. The maximum atomic E-state index is 11.7. The molecule has 0 spiro atoms. The van der Waals surface area contributed by atoms with Crippen LogP contribution in [0.25, 0.3) is 0 Å². The third-order valence-corrected chi connectivity index (χ3v) is 5.62. The van der Waals surface area contributed by atoms with Crippen LogP contribution < -0.4 is 5.73 Å². The van der Waals surface area contributed by atoms with Crippen LogP contribution in [0.1, 0.15) is 33.6 Å². The molecule has 1 aliphatic rings. The lowest BCUT2D eigenvalue weighted by Crippen LogP contribution is -2.47. The lowest BCUT2D eigenvalue weighted by molar-refractivity contribution is 0.156. The summed E-state index contributed by atoms with van der Waals surface area (Å²) in [5, 5.41) is -0.269. The molecule has 2 atom stereocenters. The minimum Gasteiger partial charge on any atom is -0.328 e. The molecule has 1 fully saturated rings. The van der Waals surface area contributed by atoms with Crippen LogP contribution >= 0.6 is 0 Å². The Morgan fingerprint density at radius 3 is 2.56 bits per heavy atom. The van der Waals surface area contributed by atoms with Crippen LogP contribution in [0.15, 0.2) is 0 Å². The SMILES string of the molecule is CC1CC(N)CCN1CCS(=O)(=O)C(C)C. The Bertz CT molecular complexity index is 314. The van der Waals surface area contributed by atoms with Crippen LogP contribution in [0.2, 0.25) is 0 Å². The van der Waals surface area contributed by atoms with Crippen LogP contribution in [0.3, 0.4) is 0 Å². The van der Waals surface area contributed by atoms with E-state index in [1.54, 1.807) is 13.8 Å². The van der Waals surface area contributed by atoms with E-state index in [0.29, 0.717) is 12.6 Å². The Kier molecular flexibility index (Phi) is 4.76. The van der Waals surface area contributed by atoms with Crippen LogP contribution in [0.4, 0.5) is 0 Å². The van der Waals surface area contributed by atoms with Gasteiger partial charge in [0, 0.05) is 18.6 Å². The van der Waals surface area contributed by atoms with E-state index in [0.717, 1.165) is 19.4 Å². The molecule has 4 nitrogen and oxygen atoms in total. The summed E-state index contributed by atoms with van der Waals surface area (Å²) in [5.74, 6) is 0.268. The summed E-state index contributed by atoms with van der Waals surface area (Å²) in [6.45, 7) is 7.18. The zero-order valence-electron chi connectivity index (χ0n) is 10.5. The average molecular weight is 248 g/mol. The molecule has 1 heterocycles. The van der Waals surface area contributed by atoms with Crippen molar-refractivity contribution in [1.82, 2.24) is 4.90 Å². The predicted molar refractivity (Wildman–Crippen MR) is 67.2 cm³/mol. The van der Waals surface area contributed by atoms with E-state index in [4.69, 9.17) is 5.73 Å². The summed E-state index contributed by atoms with van der Waals surface area (Å²) >= 11 is 0. The highest BCUT2D eigenvalue weighted by molar-refractivity contribution is 7.92. The van der Waals surface area contributed by atoms with Gasteiger partial charge in [-0.05, 0) is 40.2 Å². The topological polar surface area (TPSA) is 63.4 Å². The molecule has 0 aromatic rings. The van der Waals surface area contributed by atoms with Gasteiger partial charge < -0.3 is 5.73 Å². The summed E-state index contributed by atoms with van der Waals surface area (Å²) in [6, 6.07) is 0.694. The maximum Gasteiger partial charge on any atom is 0.153 e. The maximum absolute atomic E-state index is 11.7. The second kappa shape index (κ2) is 5.47. The van der Waals surface area contributed by atoms with E-state index in [1.807, 2.05) is 0 Å². The van der Waals surface area contributed by atoms with Crippen molar-refractivity contribution in [2.75, 3.05) is 18.8 Å². The van der Waals surface area contributed by atoms with E-state index < -0.39 is 9.84 Å². The summed E-state index contributed by atoms with van der Waals surface area (Å²) < 4.78 is 23.4. The zero-order valence-corrected chi connectivity index (χ0v) is 11.3. The third-order valence-electron chi connectivity index (χ3n) is 3.44. The first-order valence-electron chi connectivity index (χ1n) is 6.04. The normalized spacial score (nSPS) is 28.6. The van der Waals surface area contributed by atoms with Crippen molar-refractivity contribution in [2.45, 2.75) is 50.9 Å². The first kappa shape index (κ1) is 13.9. The number of hydrogen-bond donors (Lipinski definition) is 1. The molecule has 0 aliphatic carbocycles. The second-order valence-electron chi connectivity index (χ2n) is 5.09.